The Hall–Kier alpha value is -1.95. The topological polar surface area (TPSA) is 60.2 Å². The summed E-state index contributed by atoms with van der Waals surface area (Å²) in [6, 6.07) is 4.33. The van der Waals surface area contributed by atoms with Gasteiger partial charge in [0.05, 0.1) is 13.2 Å². The Morgan fingerprint density at radius 1 is 1.45 bits per heavy atom. The van der Waals surface area contributed by atoms with Gasteiger partial charge in [0.15, 0.2) is 11.6 Å². The fraction of sp³-hybridized carbons (Fsp3) is 0.429. The molecule has 0 aliphatic rings. The van der Waals surface area contributed by atoms with Crippen molar-refractivity contribution in [3.05, 3.63) is 41.7 Å². The van der Waals surface area contributed by atoms with Crippen LogP contribution in [0.5, 0.6) is 5.75 Å². The lowest BCUT2D eigenvalue weighted by Crippen LogP contribution is -2.10. The van der Waals surface area contributed by atoms with Gasteiger partial charge in [0.1, 0.15) is 12.2 Å². The normalized spacial score (nSPS) is 12.4. The molecule has 1 unspecified atom stereocenters. The molecule has 0 aliphatic heterocycles. The van der Waals surface area contributed by atoms with E-state index in [1.54, 1.807) is 10.7 Å². The monoisotopic (exact) mass is 279 g/mol. The largest absolute Gasteiger partial charge is 0.494 e. The smallest absolute Gasteiger partial charge is 0.165 e. The SMILES string of the molecule is CCCn1ncnc1CC(O)c1ccc(F)c(OC)c1. The van der Waals surface area contributed by atoms with Gasteiger partial charge in [-0.25, -0.2) is 9.37 Å². The lowest BCUT2D eigenvalue weighted by atomic mass is 10.1. The van der Waals surface area contributed by atoms with Crippen LogP contribution in [0.4, 0.5) is 4.39 Å². The quantitative estimate of drug-likeness (QED) is 0.879. The van der Waals surface area contributed by atoms with Crippen molar-refractivity contribution in [3.8, 4) is 5.75 Å². The number of ether oxygens (including phenoxy) is 1. The Morgan fingerprint density at radius 2 is 2.25 bits per heavy atom. The molecule has 0 fully saturated rings. The summed E-state index contributed by atoms with van der Waals surface area (Å²) in [7, 11) is 1.40. The van der Waals surface area contributed by atoms with Gasteiger partial charge in [0.25, 0.3) is 0 Å². The third-order valence-electron chi connectivity index (χ3n) is 3.07. The second-order valence-electron chi connectivity index (χ2n) is 4.51. The first-order valence-corrected chi connectivity index (χ1v) is 6.54. The zero-order valence-electron chi connectivity index (χ0n) is 11.6. The summed E-state index contributed by atoms with van der Waals surface area (Å²) in [4.78, 5) is 4.15. The van der Waals surface area contributed by atoms with Gasteiger partial charge < -0.3 is 9.84 Å². The molecule has 0 bridgehead atoms. The van der Waals surface area contributed by atoms with E-state index in [0.29, 0.717) is 17.8 Å². The zero-order chi connectivity index (χ0) is 14.5. The van der Waals surface area contributed by atoms with Gasteiger partial charge in [-0.1, -0.05) is 13.0 Å². The molecule has 1 aromatic carbocycles. The van der Waals surface area contributed by atoms with Crippen molar-refractivity contribution in [2.24, 2.45) is 0 Å². The van der Waals surface area contributed by atoms with Gasteiger partial charge in [-0.05, 0) is 24.1 Å². The van der Waals surface area contributed by atoms with Crippen LogP contribution in [-0.4, -0.2) is 27.0 Å². The van der Waals surface area contributed by atoms with Gasteiger partial charge in [0.2, 0.25) is 0 Å². The number of methoxy groups -OCH3 is 1. The van der Waals surface area contributed by atoms with Crippen LogP contribution >= 0.6 is 0 Å². The van der Waals surface area contributed by atoms with Crippen LogP contribution < -0.4 is 4.74 Å². The van der Waals surface area contributed by atoms with Crippen LogP contribution in [0.1, 0.15) is 30.8 Å². The van der Waals surface area contributed by atoms with Crippen molar-refractivity contribution in [1.82, 2.24) is 14.8 Å². The molecule has 0 spiro atoms. The molecule has 1 aromatic heterocycles. The van der Waals surface area contributed by atoms with E-state index in [0.717, 1.165) is 13.0 Å². The van der Waals surface area contributed by atoms with Crippen molar-refractivity contribution in [1.29, 1.82) is 0 Å². The van der Waals surface area contributed by atoms with E-state index in [1.807, 2.05) is 6.92 Å². The van der Waals surface area contributed by atoms with E-state index >= 15 is 0 Å². The van der Waals surface area contributed by atoms with Gasteiger partial charge in [-0.3, -0.25) is 4.68 Å². The molecule has 5 nitrogen and oxygen atoms in total. The first kappa shape index (κ1) is 14.5. The number of hydrogen-bond acceptors (Lipinski definition) is 4. The van der Waals surface area contributed by atoms with E-state index in [9.17, 15) is 9.50 Å². The van der Waals surface area contributed by atoms with Crippen LogP contribution in [0.2, 0.25) is 0 Å². The molecule has 6 heteroatoms. The molecule has 0 saturated heterocycles. The second-order valence-corrected chi connectivity index (χ2v) is 4.51. The maximum absolute atomic E-state index is 13.3. The molecule has 0 radical (unpaired) electrons. The number of aromatic nitrogens is 3. The minimum atomic E-state index is -0.774. The number of hydrogen-bond donors (Lipinski definition) is 1. The van der Waals surface area contributed by atoms with Crippen LogP contribution in [0.25, 0.3) is 0 Å². The summed E-state index contributed by atoms with van der Waals surface area (Å²) < 4.78 is 20.0. The van der Waals surface area contributed by atoms with Crippen molar-refractivity contribution in [3.63, 3.8) is 0 Å². The van der Waals surface area contributed by atoms with Crippen LogP contribution in [-0.2, 0) is 13.0 Å². The first-order valence-electron chi connectivity index (χ1n) is 6.54. The molecule has 1 N–H and O–H groups in total. The highest BCUT2D eigenvalue weighted by Gasteiger charge is 2.15. The van der Waals surface area contributed by atoms with Gasteiger partial charge >= 0.3 is 0 Å². The predicted molar refractivity (Wildman–Crippen MR) is 71.9 cm³/mol. The number of nitrogens with zero attached hydrogens (tertiary/aromatic N) is 3. The summed E-state index contributed by atoms with van der Waals surface area (Å²) in [6.45, 7) is 2.81. The minimum Gasteiger partial charge on any atom is -0.494 e. The lowest BCUT2D eigenvalue weighted by Gasteiger charge is -2.13. The molecular formula is C14H18FN3O2. The zero-order valence-corrected chi connectivity index (χ0v) is 11.6. The standard InChI is InChI=1S/C14H18FN3O2/c1-3-6-18-14(16-9-17-18)8-12(19)10-4-5-11(15)13(7-10)20-2/h4-5,7,9,12,19H,3,6,8H2,1-2H3. The van der Waals surface area contributed by atoms with E-state index in [2.05, 4.69) is 10.1 Å². The Balaban J connectivity index is 2.15. The van der Waals surface area contributed by atoms with Crippen LogP contribution in [0.15, 0.2) is 24.5 Å². The first-order chi connectivity index (χ1) is 9.65. The second kappa shape index (κ2) is 6.47. The van der Waals surface area contributed by atoms with Crippen molar-refractivity contribution in [2.75, 3.05) is 7.11 Å². The highest BCUT2D eigenvalue weighted by Crippen LogP contribution is 2.24. The van der Waals surface area contributed by atoms with Crippen molar-refractivity contribution < 1.29 is 14.2 Å². The maximum Gasteiger partial charge on any atom is 0.165 e. The number of benzene rings is 1. The van der Waals surface area contributed by atoms with Gasteiger partial charge in [-0.2, -0.15) is 5.10 Å². The molecule has 0 saturated carbocycles. The van der Waals surface area contributed by atoms with Crippen molar-refractivity contribution >= 4 is 0 Å². The molecule has 0 aliphatic carbocycles. The highest BCUT2D eigenvalue weighted by molar-refractivity contribution is 5.31. The Morgan fingerprint density at radius 3 is 2.95 bits per heavy atom. The minimum absolute atomic E-state index is 0.122. The van der Waals surface area contributed by atoms with Crippen molar-refractivity contribution in [2.45, 2.75) is 32.4 Å². The average Bonchev–Trinajstić information content (AvgIpc) is 2.87. The molecular weight excluding hydrogens is 261 g/mol. The predicted octanol–water partition coefficient (Wildman–Crippen LogP) is 2.11. The fourth-order valence-electron chi connectivity index (χ4n) is 2.02. The molecule has 20 heavy (non-hydrogen) atoms. The Kier molecular flexibility index (Phi) is 4.68. The summed E-state index contributed by atoms with van der Waals surface area (Å²) in [5, 5.41) is 14.3. The lowest BCUT2D eigenvalue weighted by molar-refractivity contribution is 0.173. The highest BCUT2D eigenvalue weighted by atomic mass is 19.1. The summed E-state index contributed by atoms with van der Waals surface area (Å²) in [5.41, 5.74) is 0.592. The molecule has 1 heterocycles. The number of aliphatic hydroxyl groups excluding tert-OH is 1. The molecule has 2 rings (SSSR count). The summed E-state index contributed by atoms with van der Waals surface area (Å²) in [5.74, 6) is 0.386. The number of halogens is 1. The van der Waals surface area contributed by atoms with Gasteiger partial charge in [0, 0.05) is 13.0 Å². The molecule has 2 aromatic rings. The van der Waals surface area contributed by atoms with E-state index < -0.39 is 11.9 Å². The number of aryl methyl sites for hydroxylation is 1. The van der Waals surface area contributed by atoms with E-state index in [4.69, 9.17) is 4.74 Å². The average molecular weight is 279 g/mol. The molecule has 108 valence electrons. The Bertz CT molecular complexity index is 571. The molecule has 1 atom stereocenters. The summed E-state index contributed by atoms with van der Waals surface area (Å²) in [6.07, 6.45) is 1.97. The van der Waals surface area contributed by atoms with Gasteiger partial charge in [-0.15, -0.1) is 0 Å². The Labute approximate surface area is 117 Å². The number of rotatable bonds is 6. The third-order valence-corrected chi connectivity index (χ3v) is 3.07. The maximum atomic E-state index is 13.3. The molecule has 0 amide bonds. The van der Waals surface area contributed by atoms with Crippen LogP contribution in [0.3, 0.4) is 0 Å². The number of aliphatic hydroxyl groups is 1. The van der Waals surface area contributed by atoms with E-state index in [1.165, 1.54) is 25.6 Å². The summed E-state index contributed by atoms with van der Waals surface area (Å²) >= 11 is 0. The van der Waals surface area contributed by atoms with E-state index in [-0.39, 0.29) is 5.75 Å². The van der Waals surface area contributed by atoms with Crippen LogP contribution in [0, 0.1) is 5.82 Å². The fourth-order valence-corrected chi connectivity index (χ4v) is 2.02. The third kappa shape index (κ3) is 3.14.